The Morgan fingerprint density at radius 3 is 2.50 bits per heavy atom. The van der Waals surface area contributed by atoms with E-state index in [1.54, 1.807) is 47.0 Å². The summed E-state index contributed by atoms with van der Waals surface area (Å²) in [6.07, 6.45) is 2.81. The van der Waals surface area contributed by atoms with E-state index in [0.717, 1.165) is 5.39 Å². The van der Waals surface area contributed by atoms with E-state index in [2.05, 4.69) is 20.4 Å². The minimum absolute atomic E-state index is 0.258. The van der Waals surface area contributed by atoms with Crippen molar-refractivity contribution in [2.75, 3.05) is 11.6 Å². The van der Waals surface area contributed by atoms with Crippen molar-refractivity contribution in [2.24, 2.45) is 0 Å². The number of fused-ring (bicyclic) bond motifs is 3. The van der Waals surface area contributed by atoms with Crippen LogP contribution in [-0.2, 0) is 9.73 Å². The Labute approximate surface area is 182 Å². The first kappa shape index (κ1) is 19.8. The Hall–Kier alpha value is -4.18. The number of anilines is 2. The number of benzene rings is 2. The number of hydrogen-bond acceptors (Lipinski definition) is 8. The molecule has 5 rings (SSSR count). The van der Waals surface area contributed by atoms with E-state index in [-0.39, 0.29) is 5.69 Å². The van der Waals surface area contributed by atoms with Crippen LogP contribution in [0.2, 0.25) is 0 Å². The number of rotatable bonds is 4. The standard InChI is InChI=1S/C22H17N7O2S/c1-32(23,31)15-11-9-14(10-12-15)19-27-20-16-6-2-3-7-17(16)25-22(29(20)28-19)26-18-8-4-5-13-24-21(18)30/h2-13,23H,1H3,(H,24,25,26,30). The van der Waals surface area contributed by atoms with Crippen LogP contribution in [0, 0.1) is 4.78 Å². The summed E-state index contributed by atoms with van der Waals surface area (Å²) in [6.45, 7) is 0. The zero-order chi connectivity index (χ0) is 22.3. The van der Waals surface area contributed by atoms with Crippen LogP contribution in [0.4, 0.5) is 11.6 Å². The zero-order valence-corrected chi connectivity index (χ0v) is 17.7. The van der Waals surface area contributed by atoms with Crippen molar-refractivity contribution in [1.29, 1.82) is 4.78 Å². The fourth-order valence-electron chi connectivity index (χ4n) is 3.29. The first-order valence-corrected chi connectivity index (χ1v) is 11.6. The molecule has 32 heavy (non-hydrogen) atoms. The highest BCUT2D eigenvalue weighted by molar-refractivity contribution is 7.91. The summed E-state index contributed by atoms with van der Waals surface area (Å²) in [5, 5.41) is 8.44. The lowest BCUT2D eigenvalue weighted by Crippen LogP contribution is -2.11. The van der Waals surface area contributed by atoms with Crippen molar-refractivity contribution in [3.8, 4) is 11.4 Å². The lowest BCUT2D eigenvalue weighted by Gasteiger charge is -2.07. The van der Waals surface area contributed by atoms with Gasteiger partial charge in [0.25, 0.3) is 5.56 Å². The topological polar surface area (TPSA) is 126 Å². The predicted octanol–water partition coefficient (Wildman–Crippen LogP) is 3.48. The summed E-state index contributed by atoms with van der Waals surface area (Å²) in [6, 6.07) is 19.3. The van der Waals surface area contributed by atoms with Gasteiger partial charge in [-0.25, -0.2) is 23.9 Å². The molecule has 1 unspecified atom stereocenters. The van der Waals surface area contributed by atoms with Gasteiger partial charge in [-0.2, -0.15) is 4.52 Å². The minimum atomic E-state index is -2.81. The molecular weight excluding hydrogens is 426 g/mol. The van der Waals surface area contributed by atoms with E-state index in [1.165, 1.54) is 12.5 Å². The molecule has 0 aliphatic carbocycles. The van der Waals surface area contributed by atoms with Gasteiger partial charge in [0, 0.05) is 28.3 Å². The SMILES string of the molecule is CS(=N)(=O)c1ccc(-c2nc3c4ccccc4nc(Nc4ccccnc4=O)n3n2)cc1. The van der Waals surface area contributed by atoms with Gasteiger partial charge in [-0.3, -0.25) is 4.79 Å². The summed E-state index contributed by atoms with van der Waals surface area (Å²) in [4.78, 5) is 25.9. The third-order valence-electron chi connectivity index (χ3n) is 4.87. The van der Waals surface area contributed by atoms with E-state index < -0.39 is 15.3 Å². The first-order chi connectivity index (χ1) is 15.4. The second-order valence-corrected chi connectivity index (χ2v) is 9.32. The molecule has 0 aliphatic heterocycles. The zero-order valence-electron chi connectivity index (χ0n) is 16.9. The van der Waals surface area contributed by atoms with Crippen LogP contribution < -0.4 is 10.9 Å². The van der Waals surface area contributed by atoms with E-state index in [0.29, 0.717) is 33.4 Å². The number of nitrogens with zero attached hydrogens (tertiary/aromatic N) is 5. The van der Waals surface area contributed by atoms with Crippen LogP contribution in [0.15, 0.2) is 82.6 Å². The lowest BCUT2D eigenvalue weighted by molar-refractivity contribution is 0.679. The van der Waals surface area contributed by atoms with E-state index in [4.69, 9.17) is 9.76 Å². The Morgan fingerprint density at radius 1 is 0.969 bits per heavy atom. The van der Waals surface area contributed by atoms with Crippen LogP contribution in [0.25, 0.3) is 27.9 Å². The monoisotopic (exact) mass is 443 g/mol. The smallest absolute Gasteiger partial charge is 0.293 e. The third kappa shape index (κ3) is 3.56. The molecular formula is C22H17N7O2S. The van der Waals surface area contributed by atoms with E-state index in [1.807, 2.05) is 24.3 Å². The van der Waals surface area contributed by atoms with Crippen LogP contribution in [0.3, 0.4) is 0 Å². The lowest BCUT2D eigenvalue weighted by atomic mass is 10.2. The molecule has 5 aromatic rings. The van der Waals surface area contributed by atoms with Gasteiger partial charge in [0.1, 0.15) is 5.69 Å². The van der Waals surface area contributed by atoms with Crippen LogP contribution >= 0.6 is 0 Å². The van der Waals surface area contributed by atoms with Crippen molar-refractivity contribution >= 4 is 37.9 Å². The maximum atomic E-state index is 12.3. The number of para-hydroxylation sites is 1. The maximum absolute atomic E-state index is 12.3. The summed E-state index contributed by atoms with van der Waals surface area (Å²) < 4.78 is 21.3. The predicted molar refractivity (Wildman–Crippen MR) is 123 cm³/mol. The molecule has 3 heterocycles. The van der Waals surface area contributed by atoms with Crippen molar-refractivity contribution in [3.05, 3.63) is 83.3 Å². The van der Waals surface area contributed by atoms with Crippen molar-refractivity contribution in [3.63, 3.8) is 0 Å². The molecule has 0 saturated carbocycles. The molecule has 9 nitrogen and oxygen atoms in total. The molecule has 3 aromatic heterocycles. The maximum Gasteiger partial charge on any atom is 0.293 e. The highest BCUT2D eigenvalue weighted by atomic mass is 32.2. The summed E-state index contributed by atoms with van der Waals surface area (Å²) in [7, 11) is -2.81. The summed E-state index contributed by atoms with van der Waals surface area (Å²) in [5.41, 5.74) is 1.80. The fourth-order valence-corrected chi connectivity index (χ4v) is 3.95. The minimum Gasteiger partial charge on any atom is -0.319 e. The van der Waals surface area contributed by atoms with E-state index >= 15 is 0 Å². The second kappa shape index (κ2) is 7.50. The third-order valence-corrected chi connectivity index (χ3v) is 6.04. The van der Waals surface area contributed by atoms with Gasteiger partial charge in [0.05, 0.1) is 15.2 Å². The van der Waals surface area contributed by atoms with Crippen LogP contribution in [0.5, 0.6) is 0 Å². The van der Waals surface area contributed by atoms with Crippen LogP contribution in [0.1, 0.15) is 0 Å². The van der Waals surface area contributed by atoms with Gasteiger partial charge in [-0.05, 0) is 48.5 Å². The van der Waals surface area contributed by atoms with E-state index in [9.17, 15) is 9.00 Å². The Kier molecular flexibility index (Phi) is 4.63. The van der Waals surface area contributed by atoms with Gasteiger partial charge in [0.2, 0.25) is 5.95 Å². The molecule has 10 heteroatoms. The Balaban J connectivity index is 1.70. The van der Waals surface area contributed by atoms with Crippen LogP contribution in [-0.4, -0.2) is 35.0 Å². The summed E-state index contributed by atoms with van der Waals surface area (Å²) >= 11 is 0. The quantitative estimate of drug-likeness (QED) is 0.435. The highest BCUT2D eigenvalue weighted by Gasteiger charge is 2.16. The molecule has 0 spiro atoms. The largest absolute Gasteiger partial charge is 0.319 e. The van der Waals surface area contributed by atoms with Gasteiger partial charge in [-0.15, -0.1) is 5.10 Å². The normalized spacial score (nSPS) is 13.2. The molecule has 158 valence electrons. The first-order valence-electron chi connectivity index (χ1n) is 9.62. The molecule has 1 atom stereocenters. The van der Waals surface area contributed by atoms with Crippen molar-refractivity contribution < 1.29 is 4.21 Å². The molecule has 0 fully saturated rings. The van der Waals surface area contributed by atoms with Crippen molar-refractivity contribution in [2.45, 2.75) is 4.90 Å². The van der Waals surface area contributed by atoms with Gasteiger partial charge < -0.3 is 5.32 Å². The second-order valence-electron chi connectivity index (χ2n) is 7.16. The van der Waals surface area contributed by atoms with Gasteiger partial charge in [0.15, 0.2) is 11.5 Å². The molecule has 2 aromatic carbocycles. The van der Waals surface area contributed by atoms with Gasteiger partial charge >= 0.3 is 0 Å². The number of hydrogen-bond donors (Lipinski definition) is 2. The molecule has 0 bridgehead atoms. The van der Waals surface area contributed by atoms with Crippen molar-refractivity contribution in [1.82, 2.24) is 24.6 Å². The van der Waals surface area contributed by atoms with Gasteiger partial charge in [-0.1, -0.05) is 18.2 Å². The molecule has 0 amide bonds. The average Bonchev–Trinajstić information content (AvgIpc) is 3.14. The molecule has 0 saturated heterocycles. The summed E-state index contributed by atoms with van der Waals surface area (Å²) in [5.74, 6) is 0.756. The molecule has 2 N–H and O–H groups in total. The number of nitrogens with one attached hydrogen (secondary N) is 2. The fraction of sp³-hybridized carbons (Fsp3) is 0.0455. The Bertz CT molecular complexity index is 1650. The molecule has 0 aliphatic rings. The highest BCUT2D eigenvalue weighted by Crippen LogP contribution is 2.25. The Morgan fingerprint density at radius 2 is 1.72 bits per heavy atom. The number of aromatic nitrogens is 5. The average molecular weight is 443 g/mol. The molecule has 0 radical (unpaired) electrons.